The van der Waals surface area contributed by atoms with E-state index in [1.165, 1.54) is 0 Å². The number of β-amino-alcohol motifs (C(OH)–C–C–N with tert-alkyl or cyclic N) is 1. The smallest absolute Gasteiger partial charge is 0.379 e. The van der Waals surface area contributed by atoms with Crippen molar-refractivity contribution in [2.75, 3.05) is 25.1 Å². The zero-order valence-corrected chi connectivity index (χ0v) is 11.8. The standard InChI is InChI=1S/C11H19F3N2O2S/c1-8(3-6-19-2)15-9(17)16-5-4-10(18,7-16)11(12,13)14/h8,18H,3-7H2,1-2H3,(H,15,17)/t8-,10+/m1/s1. The molecule has 0 bridgehead atoms. The molecule has 1 aliphatic heterocycles. The van der Waals surface area contributed by atoms with Gasteiger partial charge in [0.05, 0.1) is 6.54 Å². The van der Waals surface area contributed by atoms with Gasteiger partial charge in [0.2, 0.25) is 0 Å². The second-order valence-electron chi connectivity index (χ2n) is 4.83. The molecule has 0 spiro atoms. The molecule has 0 aromatic rings. The number of carbonyl (C=O) groups excluding carboxylic acids is 1. The van der Waals surface area contributed by atoms with Gasteiger partial charge in [-0.15, -0.1) is 0 Å². The summed E-state index contributed by atoms with van der Waals surface area (Å²) in [5.41, 5.74) is -2.77. The van der Waals surface area contributed by atoms with Gasteiger partial charge in [0.25, 0.3) is 0 Å². The Labute approximate surface area is 114 Å². The van der Waals surface area contributed by atoms with E-state index in [9.17, 15) is 23.1 Å². The third-order valence-corrected chi connectivity index (χ3v) is 3.83. The molecule has 8 heteroatoms. The van der Waals surface area contributed by atoms with E-state index in [-0.39, 0.29) is 12.6 Å². The van der Waals surface area contributed by atoms with Crippen molar-refractivity contribution in [3.63, 3.8) is 0 Å². The average Bonchev–Trinajstić information content (AvgIpc) is 2.70. The normalized spacial score (nSPS) is 25.5. The first-order valence-electron chi connectivity index (χ1n) is 6.03. The Morgan fingerprint density at radius 1 is 1.58 bits per heavy atom. The molecule has 0 saturated carbocycles. The molecule has 1 aliphatic rings. The van der Waals surface area contributed by atoms with E-state index in [0.29, 0.717) is 0 Å². The topological polar surface area (TPSA) is 52.6 Å². The van der Waals surface area contributed by atoms with Crippen LogP contribution in [0.25, 0.3) is 0 Å². The molecule has 0 aromatic heterocycles. The molecule has 112 valence electrons. The second kappa shape index (κ2) is 6.21. The van der Waals surface area contributed by atoms with Crippen LogP contribution in [0.4, 0.5) is 18.0 Å². The van der Waals surface area contributed by atoms with Crippen LogP contribution in [0.1, 0.15) is 19.8 Å². The molecular weight excluding hydrogens is 281 g/mol. The van der Waals surface area contributed by atoms with Gasteiger partial charge in [0.15, 0.2) is 5.60 Å². The lowest BCUT2D eigenvalue weighted by molar-refractivity contribution is -0.253. The maximum absolute atomic E-state index is 12.6. The van der Waals surface area contributed by atoms with E-state index >= 15 is 0 Å². The highest BCUT2D eigenvalue weighted by atomic mass is 32.2. The third kappa shape index (κ3) is 4.17. The number of likely N-dealkylation sites (tertiary alicyclic amines) is 1. The minimum absolute atomic E-state index is 0.0862. The van der Waals surface area contributed by atoms with Crippen LogP contribution in [0.15, 0.2) is 0 Å². The van der Waals surface area contributed by atoms with Gasteiger partial charge < -0.3 is 15.3 Å². The summed E-state index contributed by atoms with van der Waals surface area (Å²) in [6.45, 7) is 1.02. The van der Waals surface area contributed by atoms with Crippen molar-refractivity contribution in [2.45, 2.75) is 37.6 Å². The number of nitrogens with one attached hydrogen (secondary N) is 1. The molecule has 0 unspecified atom stereocenters. The van der Waals surface area contributed by atoms with E-state index in [2.05, 4.69) is 5.32 Å². The Morgan fingerprint density at radius 2 is 2.21 bits per heavy atom. The van der Waals surface area contributed by atoms with Crippen LogP contribution in [0.5, 0.6) is 0 Å². The summed E-state index contributed by atoms with van der Waals surface area (Å²) in [6.07, 6.45) is -2.47. The molecule has 1 fully saturated rings. The SMILES string of the molecule is CSCC[C@@H](C)NC(=O)N1CC[C@@](O)(C(F)(F)F)C1. The molecule has 1 heterocycles. The Kier molecular flexibility index (Phi) is 5.37. The number of urea groups is 1. The van der Waals surface area contributed by atoms with Gasteiger partial charge in [-0.05, 0) is 25.4 Å². The number of thioether (sulfide) groups is 1. The zero-order chi connectivity index (χ0) is 14.7. The molecule has 2 atom stereocenters. The van der Waals surface area contributed by atoms with Gasteiger partial charge >= 0.3 is 12.2 Å². The number of aliphatic hydroxyl groups is 1. The molecule has 19 heavy (non-hydrogen) atoms. The van der Waals surface area contributed by atoms with Gasteiger partial charge in [0.1, 0.15) is 0 Å². The fraction of sp³-hybridized carbons (Fsp3) is 0.909. The number of nitrogens with zero attached hydrogens (tertiary/aromatic N) is 1. The molecule has 1 saturated heterocycles. The summed E-state index contributed by atoms with van der Waals surface area (Å²) in [5.74, 6) is 0.869. The van der Waals surface area contributed by atoms with Gasteiger partial charge in [0, 0.05) is 19.0 Å². The van der Waals surface area contributed by atoms with Crippen molar-refractivity contribution in [2.24, 2.45) is 0 Å². The Hall–Kier alpha value is -0.630. The molecule has 1 rings (SSSR count). The van der Waals surface area contributed by atoms with E-state index in [4.69, 9.17) is 0 Å². The van der Waals surface area contributed by atoms with Crippen molar-refractivity contribution in [1.82, 2.24) is 10.2 Å². The minimum atomic E-state index is -4.70. The predicted molar refractivity (Wildman–Crippen MR) is 68.2 cm³/mol. The van der Waals surface area contributed by atoms with Crippen LogP contribution in [0, 0.1) is 0 Å². The summed E-state index contributed by atoms with van der Waals surface area (Å²) in [7, 11) is 0. The Balaban J connectivity index is 2.48. The largest absolute Gasteiger partial charge is 0.419 e. The number of hydrogen-bond acceptors (Lipinski definition) is 3. The van der Waals surface area contributed by atoms with Crippen LogP contribution in [-0.4, -0.2) is 59.0 Å². The summed E-state index contributed by atoms with van der Waals surface area (Å²) >= 11 is 1.64. The lowest BCUT2D eigenvalue weighted by atomic mass is 10.0. The van der Waals surface area contributed by atoms with Gasteiger partial charge in [-0.1, -0.05) is 0 Å². The second-order valence-corrected chi connectivity index (χ2v) is 5.82. The predicted octanol–water partition coefficient (Wildman–Crippen LogP) is 1.84. The Morgan fingerprint density at radius 3 is 2.68 bits per heavy atom. The molecule has 0 aromatic carbocycles. The molecule has 0 radical (unpaired) electrons. The highest BCUT2D eigenvalue weighted by molar-refractivity contribution is 7.98. The van der Waals surface area contributed by atoms with Crippen molar-refractivity contribution < 1.29 is 23.1 Å². The number of amides is 2. The van der Waals surface area contributed by atoms with Gasteiger partial charge in [-0.25, -0.2) is 4.79 Å². The molecule has 4 nitrogen and oxygen atoms in total. The van der Waals surface area contributed by atoms with E-state index in [0.717, 1.165) is 17.1 Å². The summed E-state index contributed by atoms with van der Waals surface area (Å²) < 4.78 is 37.8. The highest BCUT2D eigenvalue weighted by Gasteiger charge is 2.57. The quantitative estimate of drug-likeness (QED) is 0.833. The van der Waals surface area contributed by atoms with E-state index < -0.39 is 30.8 Å². The van der Waals surface area contributed by atoms with E-state index in [1.807, 2.05) is 6.26 Å². The number of halogens is 3. The van der Waals surface area contributed by atoms with Crippen LogP contribution in [0.2, 0.25) is 0 Å². The third-order valence-electron chi connectivity index (χ3n) is 3.19. The summed E-state index contributed by atoms with van der Waals surface area (Å²) in [6, 6.07) is -0.645. The van der Waals surface area contributed by atoms with Crippen molar-refractivity contribution in [3.8, 4) is 0 Å². The first-order valence-corrected chi connectivity index (χ1v) is 7.42. The summed E-state index contributed by atoms with van der Waals surface area (Å²) in [4.78, 5) is 12.8. The monoisotopic (exact) mass is 300 g/mol. The number of alkyl halides is 3. The minimum Gasteiger partial charge on any atom is -0.379 e. The number of rotatable bonds is 4. The molecule has 2 amide bonds. The summed E-state index contributed by atoms with van der Waals surface area (Å²) in [5, 5.41) is 12.1. The van der Waals surface area contributed by atoms with Crippen molar-refractivity contribution in [1.29, 1.82) is 0 Å². The van der Waals surface area contributed by atoms with Crippen molar-refractivity contribution >= 4 is 17.8 Å². The highest BCUT2D eigenvalue weighted by Crippen LogP contribution is 2.37. The fourth-order valence-electron chi connectivity index (χ4n) is 1.87. The average molecular weight is 300 g/mol. The maximum Gasteiger partial charge on any atom is 0.419 e. The molecule has 0 aliphatic carbocycles. The maximum atomic E-state index is 12.6. The van der Waals surface area contributed by atoms with Crippen LogP contribution in [-0.2, 0) is 0 Å². The number of hydrogen-bond donors (Lipinski definition) is 2. The first-order chi connectivity index (χ1) is 8.69. The van der Waals surface area contributed by atoms with Gasteiger partial charge in [-0.3, -0.25) is 0 Å². The van der Waals surface area contributed by atoms with Gasteiger partial charge in [-0.2, -0.15) is 24.9 Å². The molecular formula is C11H19F3N2O2S. The van der Waals surface area contributed by atoms with Crippen LogP contribution >= 0.6 is 11.8 Å². The van der Waals surface area contributed by atoms with Crippen LogP contribution in [0.3, 0.4) is 0 Å². The Bertz CT molecular complexity index is 328. The fourth-order valence-corrected chi connectivity index (χ4v) is 2.46. The molecule has 2 N–H and O–H groups in total. The lowest BCUT2D eigenvalue weighted by Gasteiger charge is -2.26. The van der Waals surface area contributed by atoms with Crippen molar-refractivity contribution in [3.05, 3.63) is 0 Å². The zero-order valence-electron chi connectivity index (χ0n) is 11.0. The van der Waals surface area contributed by atoms with Crippen LogP contribution < -0.4 is 5.32 Å². The first kappa shape index (κ1) is 16.4. The van der Waals surface area contributed by atoms with E-state index in [1.54, 1.807) is 18.7 Å². The number of carbonyl (C=O) groups is 1. The lowest BCUT2D eigenvalue weighted by Crippen LogP contribution is -2.50.